The molecule has 36 heavy (non-hydrogen) atoms. The van der Waals surface area contributed by atoms with Gasteiger partial charge in [0.25, 0.3) is 0 Å². The minimum atomic E-state index is -2.34. The molecule has 0 aromatic heterocycles. The number of allylic oxidation sites excluding steroid dienone is 1. The SMILES string of the molecule is CO[C@H](COC(=O)C1=C(C)NC2=C(C(=O)CNC2)[C@H]1c1c(F)c(F)c(F)c(F)c1F)c1ccccc1. The second-order valence-corrected chi connectivity index (χ2v) is 8.23. The summed E-state index contributed by atoms with van der Waals surface area (Å²) in [7, 11) is 1.39. The Morgan fingerprint density at radius 1 is 1.00 bits per heavy atom. The van der Waals surface area contributed by atoms with Gasteiger partial charge in [-0.15, -0.1) is 0 Å². The number of nitrogens with one attached hydrogen (secondary N) is 2. The molecule has 2 aromatic rings. The number of ether oxygens (including phenoxy) is 2. The highest BCUT2D eigenvalue weighted by Gasteiger charge is 2.44. The molecule has 4 rings (SSSR count). The predicted molar refractivity (Wildman–Crippen MR) is 117 cm³/mol. The number of Topliss-reactive ketones (excluding diaryl/α,β-unsaturated/α-hetero) is 1. The smallest absolute Gasteiger partial charge is 0.336 e. The van der Waals surface area contributed by atoms with Gasteiger partial charge in [0.15, 0.2) is 29.1 Å². The van der Waals surface area contributed by atoms with Crippen LogP contribution < -0.4 is 10.6 Å². The molecule has 2 aromatic carbocycles. The van der Waals surface area contributed by atoms with Crippen LogP contribution in [0.2, 0.25) is 0 Å². The summed E-state index contributed by atoms with van der Waals surface area (Å²) in [4.78, 5) is 26.0. The molecule has 0 saturated heterocycles. The van der Waals surface area contributed by atoms with Gasteiger partial charge in [0.05, 0.1) is 18.0 Å². The van der Waals surface area contributed by atoms with Crippen LogP contribution in [0, 0.1) is 29.1 Å². The molecule has 2 aliphatic heterocycles. The maximum atomic E-state index is 14.9. The van der Waals surface area contributed by atoms with E-state index in [2.05, 4.69) is 10.6 Å². The summed E-state index contributed by atoms with van der Waals surface area (Å²) in [5, 5.41) is 5.61. The molecule has 190 valence electrons. The first kappa shape index (κ1) is 25.5. The van der Waals surface area contributed by atoms with Gasteiger partial charge < -0.3 is 20.1 Å². The van der Waals surface area contributed by atoms with Crippen molar-refractivity contribution in [3.8, 4) is 0 Å². The molecule has 6 nitrogen and oxygen atoms in total. The van der Waals surface area contributed by atoms with Crippen molar-refractivity contribution in [3.63, 3.8) is 0 Å². The van der Waals surface area contributed by atoms with E-state index >= 15 is 0 Å². The molecule has 2 N–H and O–H groups in total. The maximum Gasteiger partial charge on any atom is 0.336 e. The van der Waals surface area contributed by atoms with E-state index in [4.69, 9.17) is 9.47 Å². The van der Waals surface area contributed by atoms with E-state index in [-0.39, 0.29) is 36.7 Å². The van der Waals surface area contributed by atoms with Crippen LogP contribution in [-0.2, 0) is 19.1 Å². The minimum Gasteiger partial charge on any atom is -0.459 e. The Balaban J connectivity index is 1.79. The summed E-state index contributed by atoms with van der Waals surface area (Å²) in [6.07, 6.45) is -0.699. The standard InChI is InChI=1S/C25H21F5N2O4/c1-11-16(25(34)36-10-15(35-2)12-6-4-3-5-7-12)18(17-13(32-11)8-31-9-14(17)33)19-20(26)22(28)24(30)23(29)21(19)27/h3-7,15,18,31-32H,8-10H2,1-2H3/t15-,18+/m1/s1. The third-order valence-electron chi connectivity index (χ3n) is 6.11. The fraction of sp³-hybridized carbons (Fsp3) is 0.280. The Labute approximate surface area is 202 Å². The molecule has 0 spiro atoms. The van der Waals surface area contributed by atoms with Crippen molar-refractivity contribution in [2.75, 3.05) is 26.8 Å². The number of halogens is 5. The van der Waals surface area contributed by atoms with Crippen LogP contribution in [0.4, 0.5) is 22.0 Å². The van der Waals surface area contributed by atoms with Crippen LogP contribution >= 0.6 is 0 Å². The average Bonchev–Trinajstić information content (AvgIpc) is 2.87. The number of methoxy groups -OCH3 is 1. The number of rotatable bonds is 6. The van der Waals surface area contributed by atoms with Gasteiger partial charge in [-0.1, -0.05) is 30.3 Å². The third-order valence-corrected chi connectivity index (χ3v) is 6.11. The van der Waals surface area contributed by atoms with E-state index in [1.807, 2.05) is 0 Å². The summed E-state index contributed by atoms with van der Waals surface area (Å²) in [5.41, 5.74) is -1.15. The van der Waals surface area contributed by atoms with Crippen molar-refractivity contribution in [2.24, 2.45) is 0 Å². The van der Waals surface area contributed by atoms with Crippen LogP contribution in [0.15, 0.2) is 52.9 Å². The highest BCUT2D eigenvalue weighted by molar-refractivity contribution is 6.04. The van der Waals surface area contributed by atoms with Crippen LogP contribution in [-0.4, -0.2) is 38.6 Å². The first-order valence-corrected chi connectivity index (χ1v) is 10.9. The first-order chi connectivity index (χ1) is 17.2. The van der Waals surface area contributed by atoms with E-state index in [0.29, 0.717) is 5.56 Å². The van der Waals surface area contributed by atoms with E-state index in [9.17, 15) is 31.5 Å². The topological polar surface area (TPSA) is 76.7 Å². The molecule has 0 fully saturated rings. The van der Waals surface area contributed by atoms with E-state index < -0.39 is 64.0 Å². The summed E-state index contributed by atoms with van der Waals surface area (Å²) in [5.74, 6) is -14.6. The van der Waals surface area contributed by atoms with Crippen LogP contribution in [0.25, 0.3) is 0 Å². The van der Waals surface area contributed by atoms with Crippen molar-refractivity contribution in [3.05, 3.63) is 93.1 Å². The summed E-state index contributed by atoms with van der Waals surface area (Å²) < 4.78 is 82.7. The lowest BCUT2D eigenvalue weighted by atomic mass is 9.77. The number of hydrogen-bond donors (Lipinski definition) is 2. The molecule has 2 heterocycles. The molecule has 11 heteroatoms. The molecule has 0 amide bonds. The van der Waals surface area contributed by atoms with Gasteiger partial charge in [-0.3, -0.25) is 4.79 Å². The zero-order valence-corrected chi connectivity index (χ0v) is 19.2. The highest BCUT2D eigenvalue weighted by Crippen LogP contribution is 2.43. The van der Waals surface area contributed by atoms with Crippen molar-refractivity contribution >= 4 is 11.8 Å². The van der Waals surface area contributed by atoms with Gasteiger partial charge in [0, 0.05) is 36.2 Å². The van der Waals surface area contributed by atoms with Crippen LogP contribution in [0.5, 0.6) is 0 Å². The second kappa shape index (κ2) is 10.2. The van der Waals surface area contributed by atoms with Crippen LogP contribution in [0.3, 0.4) is 0 Å². The van der Waals surface area contributed by atoms with Crippen molar-refractivity contribution in [2.45, 2.75) is 18.9 Å². The second-order valence-electron chi connectivity index (χ2n) is 8.23. The normalized spacial score (nSPS) is 18.6. The zero-order valence-electron chi connectivity index (χ0n) is 19.2. The minimum absolute atomic E-state index is 0.0397. The molecule has 0 unspecified atom stereocenters. The van der Waals surface area contributed by atoms with Crippen molar-refractivity contribution in [1.82, 2.24) is 10.6 Å². The lowest BCUT2D eigenvalue weighted by molar-refractivity contribution is -0.143. The Bertz CT molecular complexity index is 1260. The molecule has 0 radical (unpaired) electrons. The fourth-order valence-corrected chi connectivity index (χ4v) is 4.39. The predicted octanol–water partition coefficient (Wildman–Crippen LogP) is 3.70. The molecule has 2 aliphatic rings. The van der Waals surface area contributed by atoms with E-state index in [1.165, 1.54) is 14.0 Å². The fourth-order valence-electron chi connectivity index (χ4n) is 4.39. The number of carbonyl (C=O) groups is 2. The van der Waals surface area contributed by atoms with Gasteiger partial charge in [0.1, 0.15) is 12.7 Å². The first-order valence-electron chi connectivity index (χ1n) is 10.9. The number of benzene rings is 2. The third kappa shape index (κ3) is 4.40. The monoisotopic (exact) mass is 508 g/mol. The average molecular weight is 508 g/mol. The van der Waals surface area contributed by atoms with Gasteiger partial charge in [-0.25, -0.2) is 26.7 Å². The molecule has 0 bridgehead atoms. The number of carbonyl (C=O) groups excluding carboxylic acids is 2. The Morgan fingerprint density at radius 2 is 1.61 bits per heavy atom. The molecule has 0 aliphatic carbocycles. The van der Waals surface area contributed by atoms with Gasteiger partial charge in [-0.2, -0.15) is 0 Å². The lowest BCUT2D eigenvalue weighted by Crippen LogP contribution is -2.43. The number of ketones is 1. The van der Waals surface area contributed by atoms with Crippen LogP contribution in [0.1, 0.15) is 30.1 Å². The van der Waals surface area contributed by atoms with E-state index in [0.717, 1.165) is 0 Å². The maximum absolute atomic E-state index is 14.9. The summed E-state index contributed by atoms with van der Waals surface area (Å²) >= 11 is 0. The Morgan fingerprint density at radius 3 is 2.22 bits per heavy atom. The zero-order chi connectivity index (χ0) is 26.1. The highest BCUT2D eigenvalue weighted by atomic mass is 19.2. The Hall–Kier alpha value is -3.57. The number of hydrogen-bond acceptors (Lipinski definition) is 6. The molecular formula is C25H21F5N2O4. The summed E-state index contributed by atoms with van der Waals surface area (Å²) in [6.45, 7) is 0.852. The Kier molecular flexibility index (Phi) is 7.23. The quantitative estimate of drug-likeness (QED) is 0.268. The van der Waals surface area contributed by atoms with E-state index in [1.54, 1.807) is 30.3 Å². The molecular weight excluding hydrogens is 487 g/mol. The van der Waals surface area contributed by atoms with Gasteiger partial charge >= 0.3 is 5.97 Å². The lowest BCUT2D eigenvalue weighted by Gasteiger charge is -2.34. The number of esters is 1. The van der Waals surface area contributed by atoms with Gasteiger partial charge in [-0.05, 0) is 12.5 Å². The molecule has 2 atom stereocenters. The summed E-state index contributed by atoms with van der Waals surface area (Å²) in [6, 6.07) is 8.74. The largest absolute Gasteiger partial charge is 0.459 e. The number of dihydropyridines is 1. The van der Waals surface area contributed by atoms with Gasteiger partial charge in [0.2, 0.25) is 5.82 Å². The van der Waals surface area contributed by atoms with Crippen molar-refractivity contribution < 1.29 is 41.0 Å². The molecule has 0 saturated carbocycles. The van der Waals surface area contributed by atoms with Crippen molar-refractivity contribution in [1.29, 1.82) is 0 Å².